The molecule has 0 saturated carbocycles. The van der Waals surface area contributed by atoms with Gasteiger partial charge in [0.25, 0.3) is 0 Å². The van der Waals surface area contributed by atoms with Crippen molar-refractivity contribution in [2.75, 3.05) is 4.90 Å². The number of nitrogens with zero attached hydrogens (tertiary/aromatic N) is 3. The summed E-state index contributed by atoms with van der Waals surface area (Å²) in [5.74, 6) is 1.22. The average Bonchev–Trinajstić information content (AvgIpc) is 3.91. The molecule has 0 saturated heterocycles. The van der Waals surface area contributed by atoms with E-state index in [-0.39, 0.29) is 12.0 Å². The summed E-state index contributed by atoms with van der Waals surface area (Å²) in [5, 5.41) is 2.67. The lowest BCUT2D eigenvalue weighted by Crippen LogP contribution is -2.28. The highest BCUT2D eigenvalue weighted by molar-refractivity contribution is 7.25. The Balaban J connectivity index is 0.966. The Morgan fingerprint density at radius 1 is 0.491 bits per heavy atom. The molecule has 9 aromatic rings. The highest BCUT2D eigenvalue weighted by atomic mass is 32.1. The molecule has 11 rings (SSSR count). The molecule has 2 unspecified atom stereocenters. The smallest absolute Gasteiger partial charge is 0.145 e. The number of aromatic nitrogens is 2. The SMILES string of the molecule is C1=CC2c3cc(-c4ccc5sc6ccccc6c5c4)ccc3N(c3ccc(-n4c(-c5ccc(-c6ccccc6)cc5)nc5ccccc54)cc3)C2C=C1. The number of benzene rings is 7. The van der Waals surface area contributed by atoms with E-state index in [1.807, 2.05) is 11.3 Å². The van der Waals surface area contributed by atoms with Crippen LogP contribution in [-0.2, 0) is 0 Å². The number of thiophene rings is 1. The zero-order valence-corrected chi connectivity index (χ0v) is 29.6. The second-order valence-corrected chi connectivity index (χ2v) is 15.0. The van der Waals surface area contributed by atoms with Gasteiger partial charge < -0.3 is 4.90 Å². The molecule has 1 aliphatic carbocycles. The van der Waals surface area contributed by atoms with Crippen molar-refractivity contribution in [3.63, 3.8) is 0 Å². The maximum absolute atomic E-state index is 5.14. The largest absolute Gasteiger partial charge is 0.333 e. The van der Waals surface area contributed by atoms with Gasteiger partial charge in [0.2, 0.25) is 0 Å². The van der Waals surface area contributed by atoms with E-state index in [0.717, 1.165) is 28.1 Å². The van der Waals surface area contributed by atoms with Gasteiger partial charge in [-0.05, 0) is 94.5 Å². The summed E-state index contributed by atoms with van der Waals surface area (Å²) in [6, 6.07) is 59.7. The molecule has 3 heterocycles. The Kier molecular flexibility index (Phi) is 6.86. The minimum absolute atomic E-state index is 0.215. The standard InChI is InChI=1S/C49H33N3S/c1-2-10-32(11-3-1)33-18-20-34(21-19-33)49-50-43-14-6-8-16-46(43)52(49)38-26-24-37(25-27-38)51-44-15-7-4-12-39(44)41-30-35(22-28-45(41)51)36-23-29-48-42(31-36)40-13-5-9-17-47(40)53-48/h1-31,39,44H. The summed E-state index contributed by atoms with van der Waals surface area (Å²) in [6.45, 7) is 0. The molecule has 7 aromatic carbocycles. The van der Waals surface area contributed by atoms with Gasteiger partial charge in [-0.15, -0.1) is 11.3 Å². The number of hydrogen-bond acceptors (Lipinski definition) is 3. The normalized spacial score (nSPS) is 16.1. The Labute approximate surface area is 312 Å². The lowest BCUT2D eigenvalue weighted by Gasteiger charge is -2.29. The number of anilines is 2. The van der Waals surface area contributed by atoms with Gasteiger partial charge in [0.1, 0.15) is 5.82 Å². The molecule has 250 valence electrons. The third-order valence-electron chi connectivity index (χ3n) is 11.0. The van der Waals surface area contributed by atoms with Crippen molar-refractivity contribution in [2.24, 2.45) is 0 Å². The van der Waals surface area contributed by atoms with Gasteiger partial charge in [0, 0.05) is 48.7 Å². The molecule has 0 N–H and O–H groups in total. The van der Waals surface area contributed by atoms with Gasteiger partial charge in [-0.2, -0.15) is 0 Å². The molecule has 0 bridgehead atoms. The van der Waals surface area contributed by atoms with Crippen LogP contribution in [0, 0.1) is 0 Å². The number of fused-ring (bicyclic) bond motifs is 7. The Morgan fingerprint density at radius 3 is 2.04 bits per heavy atom. The van der Waals surface area contributed by atoms with E-state index < -0.39 is 0 Å². The third-order valence-corrected chi connectivity index (χ3v) is 12.1. The first-order chi connectivity index (χ1) is 26.3. The average molecular weight is 696 g/mol. The minimum Gasteiger partial charge on any atom is -0.333 e. The first-order valence-corrected chi connectivity index (χ1v) is 19.0. The van der Waals surface area contributed by atoms with Gasteiger partial charge in [-0.1, -0.05) is 121 Å². The molecule has 0 amide bonds. The van der Waals surface area contributed by atoms with E-state index in [0.29, 0.717) is 0 Å². The number of para-hydroxylation sites is 2. The van der Waals surface area contributed by atoms with Crippen LogP contribution in [0.3, 0.4) is 0 Å². The molecule has 2 aromatic heterocycles. The summed E-state index contributed by atoms with van der Waals surface area (Å²) in [4.78, 5) is 7.66. The molecule has 1 aliphatic heterocycles. The maximum Gasteiger partial charge on any atom is 0.145 e. The van der Waals surface area contributed by atoms with Gasteiger partial charge in [0.05, 0.1) is 17.1 Å². The number of imidazole rings is 1. The molecule has 0 spiro atoms. The highest BCUT2D eigenvalue weighted by Crippen LogP contribution is 2.49. The molecule has 3 nitrogen and oxygen atoms in total. The van der Waals surface area contributed by atoms with Crippen molar-refractivity contribution < 1.29 is 0 Å². The van der Waals surface area contributed by atoms with Crippen LogP contribution in [0.5, 0.6) is 0 Å². The fourth-order valence-electron chi connectivity index (χ4n) is 8.41. The van der Waals surface area contributed by atoms with Gasteiger partial charge in [-0.25, -0.2) is 4.98 Å². The van der Waals surface area contributed by atoms with Crippen LogP contribution in [0.15, 0.2) is 188 Å². The Hall–Kier alpha value is -6.49. The first kappa shape index (κ1) is 30.2. The Bertz CT molecular complexity index is 2890. The lowest BCUT2D eigenvalue weighted by molar-refractivity contribution is 0.745. The third kappa shape index (κ3) is 4.91. The van der Waals surface area contributed by atoms with Gasteiger partial charge >= 0.3 is 0 Å². The summed E-state index contributed by atoms with van der Waals surface area (Å²) >= 11 is 1.87. The van der Waals surface area contributed by atoms with Crippen molar-refractivity contribution in [3.05, 3.63) is 194 Å². The quantitative estimate of drug-likeness (QED) is 0.179. The number of allylic oxidation sites excluding steroid dienone is 2. The first-order valence-electron chi connectivity index (χ1n) is 18.2. The summed E-state index contributed by atoms with van der Waals surface area (Å²) in [6.07, 6.45) is 9.11. The zero-order chi connectivity index (χ0) is 34.9. The van der Waals surface area contributed by atoms with Crippen LogP contribution in [0.4, 0.5) is 11.4 Å². The predicted octanol–water partition coefficient (Wildman–Crippen LogP) is 13.1. The number of hydrogen-bond donors (Lipinski definition) is 0. The van der Waals surface area contributed by atoms with Crippen molar-refractivity contribution in [2.45, 2.75) is 12.0 Å². The monoisotopic (exact) mass is 695 g/mol. The zero-order valence-electron chi connectivity index (χ0n) is 28.8. The van der Waals surface area contributed by atoms with E-state index in [4.69, 9.17) is 4.98 Å². The van der Waals surface area contributed by atoms with E-state index in [1.165, 1.54) is 59.4 Å². The van der Waals surface area contributed by atoms with E-state index in [1.54, 1.807) is 0 Å². The number of rotatable bonds is 5. The lowest BCUT2D eigenvalue weighted by atomic mass is 9.89. The summed E-state index contributed by atoms with van der Waals surface area (Å²) in [5.41, 5.74) is 13.0. The van der Waals surface area contributed by atoms with Crippen molar-refractivity contribution in [1.82, 2.24) is 9.55 Å². The van der Waals surface area contributed by atoms with Crippen molar-refractivity contribution in [1.29, 1.82) is 0 Å². The molecule has 2 aliphatic rings. The van der Waals surface area contributed by atoms with Gasteiger partial charge in [0.15, 0.2) is 0 Å². The van der Waals surface area contributed by atoms with Crippen LogP contribution >= 0.6 is 11.3 Å². The Morgan fingerprint density at radius 2 is 1.15 bits per heavy atom. The van der Waals surface area contributed by atoms with Crippen molar-refractivity contribution >= 4 is 53.9 Å². The van der Waals surface area contributed by atoms with Crippen LogP contribution < -0.4 is 4.90 Å². The van der Waals surface area contributed by atoms with Crippen LogP contribution in [0.1, 0.15) is 11.5 Å². The highest BCUT2D eigenvalue weighted by Gasteiger charge is 2.37. The molecule has 53 heavy (non-hydrogen) atoms. The second kappa shape index (κ2) is 12.0. The minimum atomic E-state index is 0.215. The maximum atomic E-state index is 5.14. The molecule has 0 fully saturated rings. The van der Waals surface area contributed by atoms with E-state index >= 15 is 0 Å². The van der Waals surface area contributed by atoms with Crippen LogP contribution in [-0.4, -0.2) is 15.6 Å². The molecular formula is C49H33N3S. The van der Waals surface area contributed by atoms with E-state index in [2.05, 4.69) is 198 Å². The van der Waals surface area contributed by atoms with Crippen molar-refractivity contribution in [3.8, 4) is 39.3 Å². The molecule has 0 radical (unpaired) electrons. The predicted molar refractivity (Wildman–Crippen MR) is 224 cm³/mol. The van der Waals surface area contributed by atoms with Crippen LogP contribution in [0.25, 0.3) is 70.5 Å². The molecule has 4 heteroatoms. The molecular weight excluding hydrogens is 663 g/mol. The fourth-order valence-corrected chi connectivity index (χ4v) is 9.50. The van der Waals surface area contributed by atoms with E-state index in [9.17, 15) is 0 Å². The topological polar surface area (TPSA) is 21.1 Å². The fraction of sp³-hybridized carbons (Fsp3) is 0.0408. The second-order valence-electron chi connectivity index (χ2n) is 14.0. The summed E-state index contributed by atoms with van der Waals surface area (Å²) in [7, 11) is 0. The van der Waals surface area contributed by atoms with Gasteiger partial charge in [-0.3, -0.25) is 4.57 Å². The van der Waals surface area contributed by atoms with Crippen LogP contribution in [0.2, 0.25) is 0 Å². The molecule has 2 atom stereocenters. The summed E-state index contributed by atoms with van der Waals surface area (Å²) < 4.78 is 4.97.